The normalized spacial score (nSPS) is 24.9. The highest BCUT2D eigenvalue weighted by Gasteiger charge is 2.53. The number of urea groups is 1. The first-order valence-electron chi connectivity index (χ1n) is 14.2. The number of ketones is 1. The van der Waals surface area contributed by atoms with Gasteiger partial charge in [0.25, 0.3) is 5.91 Å². The largest absolute Gasteiger partial charge is 0.352 e. The smallest absolute Gasteiger partial charge is 0.312 e. The van der Waals surface area contributed by atoms with Crippen LogP contribution in [0.25, 0.3) is 0 Å². The van der Waals surface area contributed by atoms with Crippen molar-refractivity contribution in [1.82, 2.24) is 20.9 Å². The van der Waals surface area contributed by atoms with Gasteiger partial charge >= 0.3 is 6.03 Å². The van der Waals surface area contributed by atoms with Gasteiger partial charge in [0.15, 0.2) is 0 Å². The first-order valence-corrected chi connectivity index (χ1v) is 14.2. The quantitative estimate of drug-likeness (QED) is 0.129. The number of Topliss-reactive ketones (excluding diaryl/α,β-unsaturated/α-hetero) is 1. The van der Waals surface area contributed by atoms with Crippen LogP contribution in [0.4, 0.5) is 4.79 Å². The van der Waals surface area contributed by atoms with Crippen LogP contribution in [0, 0.1) is 29.6 Å². The molecule has 3 rings (SSSR count). The zero-order valence-corrected chi connectivity index (χ0v) is 23.0. The van der Waals surface area contributed by atoms with Gasteiger partial charge in [0.1, 0.15) is 12.1 Å². The minimum Gasteiger partial charge on any atom is -0.352 e. The Labute approximate surface area is 231 Å². The molecule has 2 saturated carbocycles. The van der Waals surface area contributed by atoms with Crippen molar-refractivity contribution in [3.8, 4) is 12.3 Å². The number of nitrogens with one attached hydrogen (secondary N) is 3. The van der Waals surface area contributed by atoms with Crippen LogP contribution in [0.15, 0.2) is 12.7 Å². The number of fused-ring (bicyclic) bond motifs is 1. The SMILES string of the molecule is C#CCCC(NC(=O)[C@@H]1[C@H]2CCC[C@H]2CN1C(=O)[C@@H](NC(N)=O)C1(C)CCCCC1)C(=O)C(=O)NCCC=C. The standard InChI is InChI=1S/C29H43N5O5/c1-4-6-14-21(23(35)26(37)31-17-7-5-2)32-25(36)22-20-13-11-12-19(20)18-34(22)27(38)24(33-28(30)39)29(3)15-9-8-10-16-29/h1,5,19-22,24H,2,6-18H2,3H3,(H,31,37)(H,32,36)(H3,30,33,39)/t19-,20-,21?,22-,24+/m0/s1. The van der Waals surface area contributed by atoms with Gasteiger partial charge in [0.2, 0.25) is 17.6 Å². The molecule has 5 N–H and O–H groups in total. The van der Waals surface area contributed by atoms with E-state index in [9.17, 15) is 24.0 Å². The second-order valence-electron chi connectivity index (χ2n) is 11.4. The molecule has 0 radical (unpaired) electrons. The van der Waals surface area contributed by atoms with Gasteiger partial charge in [-0.25, -0.2) is 4.79 Å². The highest BCUT2D eigenvalue weighted by atomic mass is 16.2. The molecular formula is C29H43N5O5. The van der Waals surface area contributed by atoms with Crippen molar-refractivity contribution in [3.05, 3.63) is 12.7 Å². The Hall–Kier alpha value is -3.35. The molecule has 0 aromatic heterocycles. The molecule has 5 amide bonds. The lowest BCUT2D eigenvalue weighted by atomic mass is 9.70. The monoisotopic (exact) mass is 541 g/mol. The number of likely N-dealkylation sites (tertiary alicyclic amines) is 1. The van der Waals surface area contributed by atoms with Crippen LogP contribution in [0.3, 0.4) is 0 Å². The molecule has 1 heterocycles. The first kappa shape index (κ1) is 30.2. The van der Waals surface area contributed by atoms with Gasteiger partial charge in [-0.3, -0.25) is 19.2 Å². The second-order valence-corrected chi connectivity index (χ2v) is 11.4. The van der Waals surface area contributed by atoms with E-state index in [-0.39, 0.29) is 37.1 Å². The zero-order chi connectivity index (χ0) is 28.6. The van der Waals surface area contributed by atoms with E-state index < -0.39 is 47.2 Å². The summed E-state index contributed by atoms with van der Waals surface area (Å²) in [6, 6.07) is -3.54. The third-order valence-electron chi connectivity index (χ3n) is 8.74. The number of terminal acetylenes is 1. The molecule has 1 aliphatic heterocycles. The van der Waals surface area contributed by atoms with E-state index in [0.717, 1.165) is 51.4 Å². The van der Waals surface area contributed by atoms with Crippen molar-refractivity contribution in [2.45, 2.75) is 95.7 Å². The summed E-state index contributed by atoms with van der Waals surface area (Å²) in [6.07, 6.45) is 15.0. The van der Waals surface area contributed by atoms with Crippen molar-refractivity contribution in [3.63, 3.8) is 0 Å². The fraction of sp³-hybridized carbons (Fsp3) is 0.690. The van der Waals surface area contributed by atoms with Gasteiger partial charge in [0.05, 0.1) is 6.04 Å². The molecule has 0 bridgehead atoms. The summed E-state index contributed by atoms with van der Waals surface area (Å²) in [7, 11) is 0. The third-order valence-corrected chi connectivity index (χ3v) is 8.74. The van der Waals surface area contributed by atoms with Gasteiger partial charge in [-0.15, -0.1) is 18.9 Å². The minimum atomic E-state index is -1.11. The van der Waals surface area contributed by atoms with Crippen LogP contribution in [-0.4, -0.2) is 65.7 Å². The molecule has 0 spiro atoms. The van der Waals surface area contributed by atoms with Crippen molar-refractivity contribution >= 4 is 29.5 Å². The maximum Gasteiger partial charge on any atom is 0.312 e. The molecule has 214 valence electrons. The van der Waals surface area contributed by atoms with E-state index in [4.69, 9.17) is 12.2 Å². The van der Waals surface area contributed by atoms with Crippen molar-refractivity contribution in [2.24, 2.45) is 23.0 Å². The molecule has 1 unspecified atom stereocenters. The summed E-state index contributed by atoms with van der Waals surface area (Å²) < 4.78 is 0. The van der Waals surface area contributed by atoms with Crippen molar-refractivity contribution in [1.29, 1.82) is 0 Å². The van der Waals surface area contributed by atoms with E-state index in [0.29, 0.717) is 13.0 Å². The molecule has 1 saturated heterocycles. The summed E-state index contributed by atoms with van der Waals surface area (Å²) in [5.74, 6) is 0.187. The van der Waals surface area contributed by atoms with E-state index in [1.54, 1.807) is 11.0 Å². The van der Waals surface area contributed by atoms with E-state index >= 15 is 0 Å². The molecule has 3 fully saturated rings. The number of primary amides is 1. The number of nitrogens with two attached hydrogens (primary N) is 1. The lowest BCUT2D eigenvalue weighted by Crippen LogP contribution is -2.61. The van der Waals surface area contributed by atoms with Crippen LogP contribution in [-0.2, 0) is 19.2 Å². The second kappa shape index (κ2) is 13.6. The van der Waals surface area contributed by atoms with Crippen LogP contribution < -0.4 is 21.7 Å². The summed E-state index contributed by atoms with van der Waals surface area (Å²) in [6.45, 7) is 6.25. The zero-order valence-electron chi connectivity index (χ0n) is 23.0. The summed E-state index contributed by atoms with van der Waals surface area (Å²) in [4.78, 5) is 66.9. The Balaban J connectivity index is 1.84. The van der Waals surface area contributed by atoms with Gasteiger partial charge < -0.3 is 26.6 Å². The number of amides is 5. The number of rotatable bonds is 12. The van der Waals surface area contributed by atoms with Crippen LogP contribution >= 0.6 is 0 Å². The molecule has 3 aliphatic rings. The Kier molecular flexibility index (Phi) is 10.6. The topological polar surface area (TPSA) is 151 Å². The molecule has 0 aromatic rings. The Morgan fingerprint density at radius 2 is 1.85 bits per heavy atom. The molecule has 10 nitrogen and oxygen atoms in total. The highest BCUT2D eigenvalue weighted by Crippen LogP contribution is 2.45. The molecular weight excluding hydrogens is 498 g/mol. The highest BCUT2D eigenvalue weighted by molar-refractivity contribution is 6.38. The predicted molar refractivity (Wildman–Crippen MR) is 147 cm³/mol. The number of carbonyl (C=O) groups is 5. The van der Waals surface area contributed by atoms with Crippen molar-refractivity contribution < 1.29 is 24.0 Å². The van der Waals surface area contributed by atoms with Gasteiger partial charge in [0, 0.05) is 19.5 Å². The number of nitrogens with zero attached hydrogens (tertiary/aromatic N) is 1. The fourth-order valence-electron chi connectivity index (χ4n) is 6.65. The summed E-state index contributed by atoms with van der Waals surface area (Å²) in [5, 5.41) is 8.00. The Bertz CT molecular complexity index is 999. The minimum absolute atomic E-state index is 0.0628. The predicted octanol–water partition coefficient (Wildman–Crippen LogP) is 1.78. The van der Waals surface area contributed by atoms with E-state index in [1.165, 1.54) is 0 Å². The van der Waals surface area contributed by atoms with Gasteiger partial charge in [-0.05, 0) is 55.8 Å². The van der Waals surface area contributed by atoms with Gasteiger partial charge in [-0.2, -0.15) is 0 Å². The average Bonchev–Trinajstić information content (AvgIpc) is 3.50. The lowest BCUT2D eigenvalue weighted by Gasteiger charge is -2.42. The molecule has 0 aromatic carbocycles. The Morgan fingerprint density at radius 3 is 2.49 bits per heavy atom. The van der Waals surface area contributed by atoms with E-state index in [1.807, 2.05) is 6.92 Å². The average molecular weight is 542 g/mol. The summed E-state index contributed by atoms with van der Waals surface area (Å²) >= 11 is 0. The number of hydrogen-bond acceptors (Lipinski definition) is 5. The maximum atomic E-state index is 14.1. The fourth-order valence-corrected chi connectivity index (χ4v) is 6.65. The Morgan fingerprint density at radius 1 is 1.13 bits per heavy atom. The molecule has 10 heteroatoms. The number of hydrogen-bond donors (Lipinski definition) is 4. The van der Waals surface area contributed by atoms with Crippen LogP contribution in [0.2, 0.25) is 0 Å². The molecule has 39 heavy (non-hydrogen) atoms. The lowest BCUT2D eigenvalue weighted by molar-refractivity contribution is -0.145. The van der Waals surface area contributed by atoms with Gasteiger partial charge in [-0.1, -0.05) is 38.7 Å². The first-order chi connectivity index (χ1) is 18.6. The third kappa shape index (κ3) is 7.20. The summed E-state index contributed by atoms with van der Waals surface area (Å²) in [5.41, 5.74) is 5.03. The number of carbonyl (C=O) groups excluding carboxylic acids is 5. The molecule has 5 atom stereocenters. The van der Waals surface area contributed by atoms with Crippen LogP contribution in [0.5, 0.6) is 0 Å². The molecule has 2 aliphatic carbocycles. The maximum absolute atomic E-state index is 14.1. The van der Waals surface area contributed by atoms with Crippen molar-refractivity contribution in [2.75, 3.05) is 13.1 Å². The van der Waals surface area contributed by atoms with Crippen LogP contribution in [0.1, 0.15) is 77.6 Å². The van der Waals surface area contributed by atoms with E-state index in [2.05, 4.69) is 28.4 Å².